The zero-order valence-electron chi connectivity index (χ0n) is 18.2. The number of amides is 2. The standard InChI is InChI=1S/C23H16F6N4O3/c1-35-17-7-6-16(18-19(17)36-33-20(18)30)11-2-4-14(5-3-11)31-21(34)32-15-9-12(22(24,25)26)8-13(10-15)23(27,28)29/h2-10H,1H3,(H2,30,33)(H2,31,32,34). The predicted molar refractivity (Wildman–Crippen MR) is 119 cm³/mol. The molecule has 1 heterocycles. The summed E-state index contributed by atoms with van der Waals surface area (Å²) in [6.45, 7) is 0. The van der Waals surface area contributed by atoms with Crippen LogP contribution >= 0.6 is 0 Å². The molecule has 1 aromatic heterocycles. The Hall–Kier alpha value is -4.42. The van der Waals surface area contributed by atoms with E-state index >= 15 is 0 Å². The van der Waals surface area contributed by atoms with Crippen LogP contribution in [0.2, 0.25) is 0 Å². The summed E-state index contributed by atoms with van der Waals surface area (Å²) in [5, 5.41) is 8.62. The number of benzene rings is 3. The van der Waals surface area contributed by atoms with Gasteiger partial charge in [0.05, 0.1) is 23.6 Å². The lowest BCUT2D eigenvalue weighted by atomic mass is 10.0. The Bertz CT molecular complexity index is 1400. The second kappa shape index (κ2) is 8.98. The summed E-state index contributed by atoms with van der Waals surface area (Å²) in [7, 11) is 1.46. The lowest BCUT2D eigenvalue weighted by Gasteiger charge is -2.15. The van der Waals surface area contributed by atoms with E-state index in [4.69, 9.17) is 15.0 Å². The maximum absolute atomic E-state index is 13.0. The van der Waals surface area contributed by atoms with Crippen molar-refractivity contribution in [3.8, 4) is 16.9 Å². The number of carbonyl (C=O) groups is 1. The van der Waals surface area contributed by atoms with Crippen LogP contribution in [0.4, 0.5) is 48.3 Å². The fraction of sp³-hybridized carbons (Fsp3) is 0.130. The van der Waals surface area contributed by atoms with Crippen LogP contribution in [0.25, 0.3) is 22.1 Å². The van der Waals surface area contributed by atoms with Crippen molar-refractivity contribution in [2.75, 3.05) is 23.5 Å². The van der Waals surface area contributed by atoms with Crippen LogP contribution in [0, 0.1) is 0 Å². The number of nitrogens with zero attached hydrogens (tertiary/aromatic N) is 1. The first kappa shape index (κ1) is 24.7. The van der Waals surface area contributed by atoms with Gasteiger partial charge in [-0.1, -0.05) is 17.3 Å². The summed E-state index contributed by atoms with van der Waals surface area (Å²) < 4.78 is 88.6. The molecule has 0 aliphatic heterocycles. The molecule has 0 aliphatic carbocycles. The van der Waals surface area contributed by atoms with Gasteiger partial charge in [0.25, 0.3) is 0 Å². The number of urea groups is 1. The van der Waals surface area contributed by atoms with Crippen molar-refractivity contribution < 1.29 is 40.4 Å². The Balaban J connectivity index is 1.55. The molecule has 0 fully saturated rings. The van der Waals surface area contributed by atoms with E-state index in [1.165, 1.54) is 19.2 Å². The Morgan fingerprint density at radius 2 is 1.47 bits per heavy atom. The number of carbonyl (C=O) groups excluding carboxylic acids is 1. The highest BCUT2D eigenvalue weighted by Crippen LogP contribution is 2.39. The van der Waals surface area contributed by atoms with Gasteiger partial charge in [-0.15, -0.1) is 0 Å². The van der Waals surface area contributed by atoms with E-state index in [2.05, 4.69) is 10.5 Å². The van der Waals surface area contributed by atoms with E-state index in [1.54, 1.807) is 24.3 Å². The van der Waals surface area contributed by atoms with E-state index in [-0.39, 0.29) is 17.6 Å². The molecule has 0 bridgehead atoms. The summed E-state index contributed by atoms with van der Waals surface area (Å²) in [6, 6.07) is 9.37. The average Bonchev–Trinajstić information content (AvgIpc) is 3.19. The van der Waals surface area contributed by atoms with Crippen LogP contribution in [-0.4, -0.2) is 18.3 Å². The number of methoxy groups -OCH3 is 1. The maximum atomic E-state index is 13.0. The number of alkyl halides is 6. The van der Waals surface area contributed by atoms with Crippen molar-refractivity contribution in [1.29, 1.82) is 0 Å². The molecule has 36 heavy (non-hydrogen) atoms. The molecule has 0 aliphatic rings. The molecule has 2 amide bonds. The predicted octanol–water partition coefficient (Wildman–Crippen LogP) is 6.77. The fourth-order valence-electron chi connectivity index (χ4n) is 3.50. The van der Waals surface area contributed by atoms with Crippen molar-refractivity contribution in [2.45, 2.75) is 12.4 Å². The van der Waals surface area contributed by atoms with Gasteiger partial charge in [-0.25, -0.2) is 4.79 Å². The van der Waals surface area contributed by atoms with Crippen LogP contribution in [0.5, 0.6) is 5.75 Å². The lowest BCUT2D eigenvalue weighted by molar-refractivity contribution is -0.143. The topological polar surface area (TPSA) is 102 Å². The molecular formula is C23H16F6N4O3. The minimum atomic E-state index is -5.04. The molecule has 0 saturated carbocycles. The normalized spacial score (nSPS) is 12.0. The molecule has 4 rings (SSSR count). The molecule has 0 spiro atoms. The van der Waals surface area contributed by atoms with E-state index in [0.29, 0.717) is 40.0 Å². The monoisotopic (exact) mass is 510 g/mol. The highest BCUT2D eigenvalue weighted by Gasteiger charge is 2.37. The fourth-order valence-corrected chi connectivity index (χ4v) is 3.50. The summed E-state index contributed by atoms with van der Waals surface area (Å²) in [5.41, 5.74) is 4.04. The number of hydrogen-bond donors (Lipinski definition) is 3. The van der Waals surface area contributed by atoms with Crippen molar-refractivity contribution in [3.05, 3.63) is 65.7 Å². The first-order chi connectivity index (χ1) is 16.9. The van der Waals surface area contributed by atoms with E-state index in [9.17, 15) is 31.1 Å². The van der Waals surface area contributed by atoms with Crippen LogP contribution in [-0.2, 0) is 12.4 Å². The van der Waals surface area contributed by atoms with Gasteiger partial charge in [-0.05, 0) is 53.6 Å². The second-order valence-corrected chi connectivity index (χ2v) is 7.54. The first-order valence-electron chi connectivity index (χ1n) is 10.1. The first-order valence-corrected chi connectivity index (χ1v) is 10.1. The molecule has 13 heteroatoms. The molecule has 7 nitrogen and oxygen atoms in total. The third kappa shape index (κ3) is 4.99. The summed E-state index contributed by atoms with van der Waals surface area (Å²) in [6.07, 6.45) is -10.1. The number of hydrogen-bond acceptors (Lipinski definition) is 5. The van der Waals surface area contributed by atoms with Gasteiger partial charge in [0.15, 0.2) is 11.6 Å². The zero-order valence-corrected chi connectivity index (χ0v) is 18.2. The van der Waals surface area contributed by atoms with Crippen molar-refractivity contribution >= 4 is 34.2 Å². The van der Waals surface area contributed by atoms with E-state index in [1.807, 2.05) is 5.32 Å². The molecule has 0 atom stereocenters. The van der Waals surface area contributed by atoms with Gasteiger partial charge < -0.3 is 25.6 Å². The number of ether oxygens (including phenoxy) is 1. The SMILES string of the molecule is COc1ccc(-c2ccc(NC(=O)Nc3cc(C(F)(F)F)cc(C(F)(F)F)c3)cc2)c2c(N)noc12. The maximum Gasteiger partial charge on any atom is 0.416 e. The number of fused-ring (bicyclic) bond motifs is 1. The van der Waals surface area contributed by atoms with Gasteiger partial charge in [-0.3, -0.25) is 0 Å². The van der Waals surface area contributed by atoms with Crippen LogP contribution < -0.4 is 21.1 Å². The number of nitrogens with two attached hydrogens (primary N) is 1. The molecule has 4 aromatic rings. The Morgan fingerprint density at radius 1 is 0.889 bits per heavy atom. The third-order valence-electron chi connectivity index (χ3n) is 5.13. The second-order valence-electron chi connectivity index (χ2n) is 7.54. The summed E-state index contributed by atoms with van der Waals surface area (Å²) in [4.78, 5) is 12.3. The Morgan fingerprint density at radius 3 is 2.03 bits per heavy atom. The third-order valence-corrected chi connectivity index (χ3v) is 5.13. The molecule has 4 N–H and O–H groups in total. The molecule has 3 aromatic carbocycles. The van der Waals surface area contributed by atoms with Crippen LogP contribution in [0.15, 0.2) is 59.1 Å². The Labute approximate surface area is 198 Å². The number of aromatic nitrogens is 1. The Kier molecular flexibility index (Phi) is 6.16. The molecule has 0 unspecified atom stereocenters. The number of nitrogen functional groups attached to an aromatic ring is 1. The van der Waals surface area contributed by atoms with Gasteiger partial charge >= 0.3 is 18.4 Å². The number of halogens is 6. The summed E-state index contributed by atoms with van der Waals surface area (Å²) in [5.74, 6) is 0.566. The lowest BCUT2D eigenvalue weighted by Crippen LogP contribution is -2.20. The number of nitrogens with one attached hydrogen (secondary N) is 2. The number of rotatable bonds is 4. The number of anilines is 3. The molecule has 0 saturated heterocycles. The van der Waals surface area contributed by atoms with Crippen molar-refractivity contribution in [1.82, 2.24) is 5.16 Å². The molecule has 188 valence electrons. The van der Waals surface area contributed by atoms with Gasteiger partial charge in [0.2, 0.25) is 5.58 Å². The molecule has 0 radical (unpaired) electrons. The van der Waals surface area contributed by atoms with E-state index in [0.717, 1.165) is 0 Å². The average molecular weight is 510 g/mol. The molecular weight excluding hydrogens is 494 g/mol. The van der Waals surface area contributed by atoms with Crippen LogP contribution in [0.3, 0.4) is 0 Å². The van der Waals surface area contributed by atoms with Crippen molar-refractivity contribution in [3.63, 3.8) is 0 Å². The minimum Gasteiger partial charge on any atom is -0.493 e. The minimum absolute atomic E-state index is 0.0275. The van der Waals surface area contributed by atoms with E-state index < -0.39 is 35.2 Å². The highest BCUT2D eigenvalue weighted by atomic mass is 19.4. The smallest absolute Gasteiger partial charge is 0.416 e. The van der Waals surface area contributed by atoms with Gasteiger partial charge in [0.1, 0.15) is 0 Å². The van der Waals surface area contributed by atoms with Crippen LogP contribution in [0.1, 0.15) is 11.1 Å². The zero-order chi connectivity index (χ0) is 26.3. The summed E-state index contributed by atoms with van der Waals surface area (Å²) >= 11 is 0. The van der Waals surface area contributed by atoms with Gasteiger partial charge in [0, 0.05) is 11.4 Å². The quantitative estimate of drug-likeness (QED) is 0.263. The highest BCUT2D eigenvalue weighted by molar-refractivity contribution is 6.04. The van der Waals surface area contributed by atoms with Gasteiger partial charge in [-0.2, -0.15) is 26.3 Å². The largest absolute Gasteiger partial charge is 0.493 e. The van der Waals surface area contributed by atoms with Crippen molar-refractivity contribution in [2.24, 2.45) is 0 Å².